The highest BCUT2D eigenvalue weighted by molar-refractivity contribution is 7.93. The molecule has 2 N–H and O–H groups in total. The van der Waals surface area contributed by atoms with Gasteiger partial charge in [0.1, 0.15) is 11.9 Å². The zero-order valence-corrected chi connectivity index (χ0v) is 17.4. The Balaban J connectivity index is 1.51. The normalized spacial score (nSPS) is 18.0. The highest BCUT2D eigenvalue weighted by Gasteiger charge is 2.31. The Morgan fingerprint density at radius 1 is 1.14 bits per heavy atom. The summed E-state index contributed by atoms with van der Waals surface area (Å²) in [5.74, 6) is 0.518. The molecule has 3 aromatic rings. The molecule has 1 aliphatic heterocycles. The molecule has 29 heavy (non-hydrogen) atoms. The van der Waals surface area contributed by atoms with Gasteiger partial charge in [-0.05, 0) is 37.3 Å². The minimum Gasteiger partial charge on any atom is -0.489 e. The van der Waals surface area contributed by atoms with Crippen molar-refractivity contribution in [2.45, 2.75) is 30.8 Å². The molecule has 7 nitrogen and oxygen atoms in total. The second-order valence-electron chi connectivity index (χ2n) is 6.76. The van der Waals surface area contributed by atoms with Crippen molar-refractivity contribution >= 4 is 38.1 Å². The van der Waals surface area contributed by atoms with Crippen LogP contribution >= 0.6 is 11.3 Å². The summed E-state index contributed by atoms with van der Waals surface area (Å²) in [4.78, 5) is 16.7. The van der Waals surface area contributed by atoms with Crippen molar-refractivity contribution in [2.75, 3.05) is 10.0 Å². The van der Waals surface area contributed by atoms with Crippen molar-refractivity contribution in [3.63, 3.8) is 0 Å². The molecule has 4 rings (SSSR count). The summed E-state index contributed by atoms with van der Waals surface area (Å²) in [7, 11) is -3.74. The lowest BCUT2D eigenvalue weighted by Gasteiger charge is -2.11. The maximum Gasteiger partial charge on any atom is 0.263 e. The number of nitrogens with one attached hydrogen (secondary N) is 2. The van der Waals surface area contributed by atoms with Crippen LogP contribution in [0.4, 0.5) is 10.8 Å². The van der Waals surface area contributed by atoms with E-state index in [2.05, 4.69) is 21.9 Å². The number of nitrogens with zero attached hydrogens (tertiary/aromatic N) is 1. The predicted octanol–water partition coefficient (Wildman–Crippen LogP) is 4.08. The Labute approximate surface area is 172 Å². The van der Waals surface area contributed by atoms with Crippen LogP contribution in [0.15, 0.2) is 58.9 Å². The Morgan fingerprint density at radius 3 is 2.59 bits per heavy atom. The van der Waals surface area contributed by atoms with Crippen LogP contribution in [-0.4, -0.2) is 25.4 Å². The number of para-hydroxylation sites is 1. The van der Waals surface area contributed by atoms with Crippen LogP contribution in [0.2, 0.25) is 0 Å². The van der Waals surface area contributed by atoms with Gasteiger partial charge in [-0.3, -0.25) is 9.52 Å². The molecule has 2 aromatic carbocycles. The van der Waals surface area contributed by atoms with E-state index in [0.717, 1.165) is 5.56 Å². The third-order valence-corrected chi connectivity index (χ3v) is 7.04. The van der Waals surface area contributed by atoms with E-state index in [4.69, 9.17) is 4.74 Å². The SMILES string of the molecule is CC1Oc2c(C(=O)Nc3ccc(S(=O)(=O)Nc4nccs4)cc3)cccc2C1C. The van der Waals surface area contributed by atoms with Crippen molar-refractivity contribution in [2.24, 2.45) is 0 Å². The van der Waals surface area contributed by atoms with E-state index in [-0.39, 0.29) is 22.8 Å². The van der Waals surface area contributed by atoms with Gasteiger partial charge in [-0.25, -0.2) is 13.4 Å². The van der Waals surface area contributed by atoms with Crippen LogP contribution in [0.5, 0.6) is 5.75 Å². The Hall–Kier alpha value is -2.91. The summed E-state index contributed by atoms with van der Waals surface area (Å²) in [5, 5.41) is 4.78. The number of anilines is 2. The molecule has 0 fully saturated rings. The van der Waals surface area contributed by atoms with Gasteiger partial charge in [-0.1, -0.05) is 19.1 Å². The third-order valence-electron chi connectivity index (χ3n) is 4.87. The summed E-state index contributed by atoms with van der Waals surface area (Å²) in [6.07, 6.45) is 1.53. The first-order chi connectivity index (χ1) is 13.8. The predicted molar refractivity (Wildman–Crippen MR) is 112 cm³/mol. The molecule has 0 saturated heterocycles. The number of thiazole rings is 1. The lowest BCUT2D eigenvalue weighted by Crippen LogP contribution is -2.15. The summed E-state index contributed by atoms with van der Waals surface area (Å²) in [5.41, 5.74) is 1.96. The second-order valence-corrected chi connectivity index (χ2v) is 9.33. The molecule has 1 aromatic heterocycles. The molecule has 0 aliphatic carbocycles. The molecule has 2 heterocycles. The van der Waals surface area contributed by atoms with Gasteiger partial charge in [0.2, 0.25) is 0 Å². The molecular weight excluding hydrogens is 410 g/mol. The van der Waals surface area contributed by atoms with Crippen molar-refractivity contribution < 1.29 is 17.9 Å². The van der Waals surface area contributed by atoms with E-state index in [1.54, 1.807) is 23.6 Å². The van der Waals surface area contributed by atoms with Crippen LogP contribution in [0.25, 0.3) is 0 Å². The fraction of sp³-hybridized carbons (Fsp3) is 0.200. The lowest BCUT2D eigenvalue weighted by molar-refractivity contribution is 0.102. The monoisotopic (exact) mass is 429 g/mol. The van der Waals surface area contributed by atoms with E-state index in [0.29, 0.717) is 22.1 Å². The fourth-order valence-corrected chi connectivity index (χ4v) is 4.92. The number of rotatable bonds is 5. The third kappa shape index (κ3) is 3.83. The Kier molecular flexibility index (Phi) is 5.01. The number of sulfonamides is 1. The van der Waals surface area contributed by atoms with E-state index < -0.39 is 10.0 Å². The molecule has 2 atom stereocenters. The first-order valence-corrected chi connectivity index (χ1v) is 11.3. The summed E-state index contributed by atoms with van der Waals surface area (Å²) in [6.45, 7) is 4.04. The van der Waals surface area contributed by atoms with Crippen molar-refractivity contribution in [3.8, 4) is 5.75 Å². The van der Waals surface area contributed by atoms with Crippen molar-refractivity contribution in [1.82, 2.24) is 4.98 Å². The Morgan fingerprint density at radius 2 is 1.90 bits per heavy atom. The molecule has 9 heteroatoms. The quantitative estimate of drug-likeness (QED) is 0.637. The molecular formula is C20H19N3O4S2. The molecule has 1 amide bonds. The molecule has 0 saturated carbocycles. The number of hydrogen-bond acceptors (Lipinski definition) is 6. The maximum atomic E-state index is 12.8. The summed E-state index contributed by atoms with van der Waals surface area (Å²) >= 11 is 1.19. The summed E-state index contributed by atoms with van der Waals surface area (Å²) < 4.78 is 33.1. The van der Waals surface area contributed by atoms with E-state index >= 15 is 0 Å². The van der Waals surface area contributed by atoms with Gasteiger partial charge in [-0.2, -0.15) is 0 Å². The number of benzene rings is 2. The average Bonchev–Trinajstić information content (AvgIpc) is 3.30. The summed E-state index contributed by atoms with van der Waals surface area (Å²) in [6, 6.07) is 11.5. The van der Waals surface area contributed by atoms with Crippen LogP contribution in [-0.2, 0) is 10.0 Å². The number of carbonyl (C=O) groups excluding carboxylic acids is 1. The van der Waals surface area contributed by atoms with Gasteiger partial charge in [0, 0.05) is 28.7 Å². The van der Waals surface area contributed by atoms with Crippen LogP contribution in [0, 0.1) is 0 Å². The van der Waals surface area contributed by atoms with E-state index in [9.17, 15) is 13.2 Å². The standard InChI is InChI=1S/C20H19N3O4S2/c1-12-13(2)27-18-16(12)4-3-5-17(18)19(24)22-14-6-8-15(9-7-14)29(25,26)23-20-21-10-11-28-20/h3-13H,1-2H3,(H,21,23)(H,22,24). The minimum absolute atomic E-state index is 0.00813. The van der Waals surface area contributed by atoms with Crippen LogP contribution in [0.3, 0.4) is 0 Å². The maximum absolute atomic E-state index is 12.8. The van der Waals surface area contributed by atoms with Crippen LogP contribution in [0.1, 0.15) is 35.7 Å². The number of fused-ring (bicyclic) bond motifs is 1. The molecule has 0 bridgehead atoms. The molecule has 150 valence electrons. The van der Waals surface area contributed by atoms with Gasteiger partial charge < -0.3 is 10.1 Å². The molecule has 0 radical (unpaired) electrons. The van der Waals surface area contributed by atoms with Crippen LogP contribution < -0.4 is 14.8 Å². The minimum atomic E-state index is -3.74. The van der Waals surface area contributed by atoms with E-state index in [1.807, 2.05) is 19.1 Å². The Bertz CT molecular complexity index is 1140. The van der Waals surface area contributed by atoms with Gasteiger partial charge in [0.25, 0.3) is 15.9 Å². The van der Waals surface area contributed by atoms with Crippen molar-refractivity contribution in [1.29, 1.82) is 0 Å². The van der Waals surface area contributed by atoms with Gasteiger partial charge in [0.05, 0.1) is 10.5 Å². The largest absolute Gasteiger partial charge is 0.489 e. The highest BCUT2D eigenvalue weighted by Crippen LogP contribution is 2.40. The highest BCUT2D eigenvalue weighted by atomic mass is 32.2. The number of ether oxygens (including phenoxy) is 1. The molecule has 0 spiro atoms. The lowest BCUT2D eigenvalue weighted by atomic mass is 9.97. The second kappa shape index (κ2) is 7.49. The smallest absolute Gasteiger partial charge is 0.263 e. The number of carbonyl (C=O) groups is 1. The topological polar surface area (TPSA) is 97.4 Å². The first-order valence-electron chi connectivity index (χ1n) is 8.98. The average molecular weight is 430 g/mol. The number of aromatic nitrogens is 1. The van der Waals surface area contributed by atoms with Gasteiger partial charge >= 0.3 is 0 Å². The number of amides is 1. The molecule has 2 unspecified atom stereocenters. The van der Waals surface area contributed by atoms with E-state index in [1.165, 1.54) is 29.7 Å². The van der Waals surface area contributed by atoms with Crippen molar-refractivity contribution in [3.05, 3.63) is 65.2 Å². The van der Waals surface area contributed by atoms with Gasteiger partial charge in [-0.15, -0.1) is 11.3 Å². The zero-order chi connectivity index (χ0) is 20.6. The first kappa shape index (κ1) is 19.4. The van der Waals surface area contributed by atoms with Gasteiger partial charge in [0.15, 0.2) is 5.13 Å². The fourth-order valence-electron chi connectivity index (χ4n) is 3.13. The molecule has 1 aliphatic rings. The zero-order valence-electron chi connectivity index (χ0n) is 15.7. The number of hydrogen-bond donors (Lipinski definition) is 2.